The van der Waals surface area contributed by atoms with E-state index in [2.05, 4.69) is 0 Å². The third kappa shape index (κ3) is 4.95. The molecular weight excluding hydrogens is 481 g/mol. The van der Waals surface area contributed by atoms with E-state index in [4.69, 9.17) is 4.42 Å². The summed E-state index contributed by atoms with van der Waals surface area (Å²) in [6, 6.07) is 10.9. The number of sulfonamides is 1. The lowest BCUT2D eigenvalue weighted by Gasteiger charge is -2.36. The van der Waals surface area contributed by atoms with Crippen LogP contribution in [0.2, 0.25) is 0 Å². The summed E-state index contributed by atoms with van der Waals surface area (Å²) in [4.78, 5) is 14.9. The highest BCUT2D eigenvalue weighted by Gasteiger charge is 2.38. The van der Waals surface area contributed by atoms with Crippen LogP contribution in [0.5, 0.6) is 0 Å². The van der Waals surface area contributed by atoms with Crippen molar-refractivity contribution in [1.82, 2.24) is 9.21 Å². The van der Waals surface area contributed by atoms with Gasteiger partial charge in [-0.2, -0.15) is 17.5 Å². The van der Waals surface area contributed by atoms with Gasteiger partial charge in [-0.25, -0.2) is 8.42 Å². The first kappa shape index (κ1) is 25.2. The predicted molar refractivity (Wildman–Crippen MR) is 125 cm³/mol. The molecule has 6 nitrogen and oxygen atoms in total. The first-order valence-electron chi connectivity index (χ1n) is 11.5. The zero-order valence-electron chi connectivity index (χ0n) is 19.5. The van der Waals surface area contributed by atoms with E-state index < -0.39 is 33.7 Å². The molecule has 1 aromatic heterocycles. The lowest BCUT2D eigenvalue weighted by molar-refractivity contribution is -0.143. The van der Waals surface area contributed by atoms with Gasteiger partial charge in [0.1, 0.15) is 5.58 Å². The number of carbonyl (C=O) groups excluding carboxylic acids is 1. The first-order valence-corrected chi connectivity index (χ1v) is 12.9. The molecule has 0 aliphatic carbocycles. The summed E-state index contributed by atoms with van der Waals surface area (Å²) < 4.78 is 73.5. The molecule has 0 radical (unpaired) electrons. The maximum Gasteiger partial charge on any atom is 0.416 e. The normalized spacial score (nSPS) is 16.9. The summed E-state index contributed by atoms with van der Waals surface area (Å²) in [7, 11) is -3.75. The van der Waals surface area contributed by atoms with Gasteiger partial charge < -0.3 is 9.32 Å². The Morgan fingerprint density at radius 1 is 1.14 bits per heavy atom. The number of furan rings is 1. The maximum absolute atomic E-state index is 13.5. The topological polar surface area (TPSA) is 70.8 Å². The molecule has 0 N–H and O–H groups in total. The minimum Gasteiger partial charge on any atom is -0.464 e. The highest BCUT2D eigenvalue weighted by Crippen LogP contribution is 2.37. The van der Waals surface area contributed by atoms with Gasteiger partial charge in [-0.3, -0.25) is 4.79 Å². The van der Waals surface area contributed by atoms with Crippen molar-refractivity contribution in [2.75, 3.05) is 19.6 Å². The van der Waals surface area contributed by atoms with Crippen molar-refractivity contribution >= 4 is 26.9 Å². The summed E-state index contributed by atoms with van der Waals surface area (Å²) in [6.07, 6.45) is -2.43. The molecule has 0 spiro atoms. The highest BCUT2D eigenvalue weighted by atomic mass is 32.2. The number of fused-ring (bicyclic) bond motifs is 1. The largest absolute Gasteiger partial charge is 0.464 e. The molecule has 35 heavy (non-hydrogen) atoms. The van der Waals surface area contributed by atoms with Gasteiger partial charge in [0.25, 0.3) is 0 Å². The van der Waals surface area contributed by atoms with E-state index >= 15 is 0 Å². The van der Waals surface area contributed by atoms with E-state index in [9.17, 15) is 26.4 Å². The average Bonchev–Trinajstić information content (AvgIpc) is 3.32. The molecule has 10 heteroatoms. The fourth-order valence-electron chi connectivity index (χ4n) is 4.74. The van der Waals surface area contributed by atoms with Crippen molar-refractivity contribution in [2.24, 2.45) is 5.92 Å². The molecule has 1 atom stereocenters. The monoisotopic (exact) mass is 508 g/mol. The number of amides is 1. The number of hydrogen-bond acceptors (Lipinski definition) is 4. The third-order valence-corrected chi connectivity index (χ3v) is 8.57. The van der Waals surface area contributed by atoms with Crippen LogP contribution in [0.25, 0.3) is 11.0 Å². The van der Waals surface area contributed by atoms with Crippen molar-refractivity contribution < 1.29 is 30.8 Å². The number of halogens is 3. The molecular formula is C25H27F3N2O4S. The quantitative estimate of drug-likeness (QED) is 0.443. The van der Waals surface area contributed by atoms with Crippen LogP contribution in [0.3, 0.4) is 0 Å². The van der Waals surface area contributed by atoms with Crippen LogP contribution in [0.4, 0.5) is 13.2 Å². The Morgan fingerprint density at radius 2 is 1.83 bits per heavy atom. The van der Waals surface area contributed by atoms with Crippen LogP contribution in [0.15, 0.2) is 64.1 Å². The summed E-state index contributed by atoms with van der Waals surface area (Å²) in [5.41, 5.74) is -0.117. The fourth-order valence-corrected chi connectivity index (χ4v) is 6.25. The Bertz CT molecular complexity index is 1310. The minimum absolute atomic E-state index is 0.0462. The van der Waals surface area contributed by atoms with Gasteiger partial charge >= 0.3 is 6.18 Å². The van der Waals surface area contributed by atoms with Gasteiger partial charge in [0.2, 0.25) is 15.9 Å². The smallest absolute Gasteiger partial charge is 0.416 e. The minimum atomic E-state index is -4.52. The zero-order chi connectivity index (χ0) is 25.4. The van der Waals surface area contributed by atoms with Gasteiger partial charge in [0.05, 0.1) is 22.8 Å². The Balaban J connectivity index is 1.47. The third-order valence-electron chi connectivity index (χ3n) is 6.67. The molecule has 0 bridgehead atoms. The summed E-state index contributed by atoms with van der Waals surface area (Å²) >= 11 is 0. The van der Waals surface area contributed by atoms with Gasteiger partial charge in [0, 0.05) is 30.9 Å². The fraction of sp³-hybridized carbons (Fsp3) is 0.400. The molecule has 1 amide bonds. The molecule has 4 rings (SSSR count). The molecule has 3 aromatic rings. The second-order valence-electron chi connectivity index (χ2n) is 8.68. The van der Waals surface area contributed by atoms with Crippen LogP contribution in [0, 0.1) is 5.92 Å². The molecule has 0 saturated carbocycles. The van der Waals surface area contributed by atoms with E-state index in [0.29, 0.717) is 23.8 Å². The Hall–Kier alpha value is -2.85. The van der Waals surface area contributed by atoms with Crippen molar-refractivity contribution in [3.63, 3.8) is 0 Å². The maximum atomic E-state index is 13.5. The lowest BCUT2D eigenvalue weighted by atomic mass is 9.94. The molecule has 1 saturated heterocycles. The number of hydrogen-bond donors (Lipinski definition) is 0. The number of piperidine rings is 1. The molecule has 2 heterocycles. The number of benzene rings is 2. The molecule has 1 aliphatic rings. The molecule has 0 unspecified atom stereocenters. The summed E-state index contributed by atoms with van der Waals surface area (Å²) in [5.74, 6) is -0.716. The number of rotatable bonds is 6. The van der Waals surface area contributed by atoms with E-state index in [1.165, 1.54) is 39.7 Å². The molecule has 2 aromatic carbocycles. The second-order valence-corrected chi connectivity index (χ2v) is 10.6. The second kappa shape index (κ2) is 9.66. The number of carbonyl (C=O) groups is 1. The van der Waals surface area contributed by atoms with Gasteiger partial charge in [-0.05, 0) is 62.6 Å². The van der Waals surface area contributed by atoms with E-state index in [1.807, 2.05) is 0 Å². The van der Waals surface area contributed by atoms with E-state index in [0.717, 1.165) is 6.07 Å². The van der Waals surface area contributed by atoms with Crippen molar-refractivity contribution in [2.45, 2.75) is 43.8 Å². The van der Waals surface area contributed by atoms with Crippen molar-refractivity contribution in [3.05, 3.63) is 65.9 Å². The van der Waals surface area contributed by atoms with Crippen LogP contribution in [-0.2, 0) is 21.0 Å². The standard InChI is InChI=1S/C25H27F3N2O4S/c1-3-30(17(2)21-6-4-5-7-22(21)25(26,27)28)24(31)18-10-13-29(14-11-18)35(32,33)20-8-9-23-19(16-20)12-15-34-23/h4-9,12,15-18H,3,10-11,13-14H2,1-2H3/t17-/m1/s1. The number of alkyl halides is 3. The molecule has 1 aliphatic heterocycles. The SMILES string of the molecule is CCN(C(=O)C1CCN(S(=O)(=O)c2ccc3occc3c2)CC1)[C@H](C)c1ccccc1C(F)(F)F. The Kier molecular flexibility index (Phi) is 6.97. The lowest BCUT2D eigenvalue weighted by Crippen LogP contribution is -2.45. The van der Waals surface area contributed by atoms with E-state index in [-0.39, 0.29) is 36.0 Å². The summed E-state index contributed by atoms with van der Waals surface area (Å²) in [5, 5.41) is 0.683. The van der Waals surface area contributed by atoms with Crippen LogP contribution in [-0.4, -0.2) is 43.2 Å². The van der Waals surface area contributed by atoms with Crippen LogP contribution in [0.1, 0.15) is 43.9 Å². The summed E-state index contributed by atoms with van der Waals surface area (Å²) in [6.45, 7) is 3.89. The Morgan fingerprint density at radius 3 is 2.49 bits per heavy atom. The average molecular weight is 509 g/mol. The molecule has 1 fully saturated rings. The van der Waals surface area contributed by atoms with Gasteiger partial charge in [-0.15, -0.1) is 0 Å². The van der Waals surface area contributed by atoms with E-state index in [1.54, 1.807) is 32.0 Å². The molecule has 188 valence electrons. The van der Waals surface area contributed by atoms with Crippen LogP contribution < -0.4 is 0 Å². The Labute approximate surface area is 202 Å². The van der Waals surface area contributed by atoms with Crippen molar-refractivity contribution in [1.29, 1.82) is 0 Å². The highest BCUT2D eigenvalue weighted by molar-refractivity contribution is 7.89. The number of nitrogens with zero attached hydrogens (tertiary/aromatic N) is 2. The van der Waals surface area contributed by atoms with Gasteiger partial charge in [-0.1, -0.05) is 18.2 Å². The van der Waals surface area contributed by atoms with Crippen molar-refractivity contribution in [3.8, 4) is 0 Å². The predicted octanol–water partition coefficient (Wildman–Crippen LogP) is 5.46. The zero-order valence-corrected chi connectivity index (χ0v) is 20.3. The van der Waals surface area contributed by atoms with Crippen LogP contribution >= 0.6 is 0 Å². The van der Waals surface area contributed by atoms with Gasteiger partial charge in [0.15, 0.2) is 0 Å². The first-order chi connectivity index (χ1) is 16.5.